The number of ether oxygens (including phenoxy) is 3. The molecule has 3 aromatic rings. The number of allylic oxidation sites excluding steroid dienone is 1. The lowest BCUT2D eigenvalue weighted by atomic mass is 9.69. The Labute approximate surface area is 224 Å². The Kier molecular flexibility index (Phi) is 6.54. The number of benzene rings is 2. The minimum Gasteiger partial charge on any atom is -0.454 e. The van der Waals surface area contributed by atoms with Crippen molar-refractivity contribution in [2.45, 2.75) is 54.4 Å². The molecule has 5 rings (SSSR count). The van der Waals surface area contributed by atoms with Crippen LogP contribution in [0.3, 0.4) is 0 Å². The highest BCUT2D eigenvalue weighted by Gasteiger charge is 2.36. The van der Waals surface area contributed by atoms with Crippen LogP contribution in [0.1, 0.15) is 75.1 Å². The number of rotatable bonds is 4. The Morgan fingerprint density at radius 3 is 2.47 bits per heavy atom. The van der Waals surface area contributed by atoms with E-state index < -0.39 is 11.4 Å². The van der Waals surface area contributed by atoms with E-state index in [1.54, 1.807) is 0 Å². The molecule has 0 fully saturated rings. The molecule has 38 heavy (non-hydrogen) atoms. The van der Waals surface area contributed by atoms with Gasteiger partial charge < -0.3 is 14.2 Å². The van der Waals surface area contributed by atoms with E-state index in [-0.39, 0.29) is 30.5 Å². The fourth-order valence-corrected chi connectivity index (χ4v) is 4.99. The average Bonchev–Trinajstić information content (AvgIpc) is 3.32. The fourth-order valence-electron chi connectivity index (χ4n) is 4.99. The first-order chi connectivity index (χ1) is 17.9. The molecule has 0 radical (unpaired) electrons. The van der Waals surface area contributed by atoms with Crippen LogP contribution in [0.2, 0.25) is 0 Å². The zero-order valence-corrected chi connectivity index (χ0v) is 23.0. The van der Waals surface area contributed by atoms with Crippen molar-refractivity contribution in [2.24, 2.45) is 16.7 Å². The smallest absolute Gasteiger partial charge is 0.339 e. The van der Waals surface area contributed by atoms with Gasteiger partial charge >= 0.3 is 5.97 Å². The quantitative estimate of drug-likeness (QED) is 0.354. The summed E-state index contributed by atoms with van der Waals surface area (Å²) in [6.07, 6.45) is 3.67. The van der Waals surface area contributed by atoms with E-state index in [2.05, 4.69) is 26.8 Å². The van der Waals surface area contributed by atoms with E-state index in [1.807, 2.05) is 63.2 Å². The number of Topliss-reactive ketones (excluding diaryl/α,β-unsaturated/α-hetero) is 1. The summed E-state index contributed by atoms with van der Waals surface area (Å²) < 4.78 is 16.7. The molecule has 1 aromatic heterocycles. The third kappa shape index (κ3) is 5.04. The lowest BCUT2D eigenvalue weighted by Gasteiger charge is -2.36. The largest absolute Gasteiger partial charge is 0.454 e. The van der Waals surface area contributed by atoms with Gasteiger partial charge in [-0.3, -0.25) is 4.79 Å². The summed E-state index contributed by atoms with van der Waals surface area (Å²) in [5.41, 5.74) is 4.41. The van der Waals surface area contributed by atoms with Gasteiger partial charge in [0.05, 0.1) is 16.8 Å². The highest BCUT2D eigenvalue weighted by atomic mass is 16.7. The number of fused-ring (bicyclic) bond motifs is 3. The lowest BCUT2D eigenvalue weighted by molar-refractivity contribution is -0.129. The maximum atomic E-state index is 13.7. The molecule has 2 heterocycles. The predicted octanol–water partition coefficient (Wildman–Crippen LogP) is 6.88. The molecule has 2 aliphatic rings. The molecule has 1 aliphatic carbocycles. The lowest BCUT2D eigenvalue weighted by Crippen LogP contribution is -2.30. The van der Waals surface area contributed by atoms with Crippen LogP contribution in [0.25, 0.3) is 22.6 Å². The van der Waals surface area contributed by atoms with Crippen LogP contribution in [0.15, 0.2) is 42.5 Å². The van der Waals surface area contributed by atoms with Crippen molar-refractivity contribution in [3.8, 4) is 11.5 Å². The third-order valence-electron chi connectivity index (χ3n) is 7.55. The molecule has 0 saturated carbocycles. The molecule has 1 atom stereocenters. The van der Waals surface area contributed by atoms with E-state index in [9.17, 15) is 9.59 Å². The van der Waals surface area contributed by atoms with Gasteiger partial charge in [-0.15, -0.1) is 0 Å². The number of carbonyl (C=O) groups excluding carboxylic acids is 2. The zero-order valence-electron chi connectivity index (χ0n) is 23.0. The number of hydrogen-bond donors (Lipinski definition) is 0. The van der Waals surface area contributed by atoms with E-state index in [1.165, 1.54) is 0 Å². The van der Waals surface area contributed by atoms with Crippen molar-refractivity contribution < 1.29 is 23.8 Å². The molecule has 0 amide bonds. The van der Waals surface area contributed by atoms with Crippen LogP contribution in [0.5, 0.6) is 11.5 Å². The summed E-state index contributed by atoms with van der Waals surface area (Å²) in [4.78, 5) is 31.3. The first-order valence-corrected chi connectivity index (χ1v) is 13.1. The molecule has 0 unspecified atom stereocenters. The predicted molar refractivity (Wildman–Crippen MR) is 148 cm³/mol. The summed E-state index contributed by atoms with van der Waals surface area (Å²) in [5.74, 6) is 1.15. The van der Waals surface area contributed by atoms with Crippen LogP contribution in [0.4, 0.5) is 0 Å². The molecule has 6 heteroatoms. The van der Waals surface area contributed by atoms with E-state index >= 15 is 0 Å². The van der Waals surface area contributed by atoms with Gasteiger partial charge in [0.15, 0.2) is 23.9 Å². The Bertz CT molecular complexity index is 1460. The van der Waals surface area contributed by atoms with Gasteiger partial charge in [-0.05, 0) is 65.1 Å². The summed E-state index contributed by atoms with van der Waals surface area (Å²) in [6.45, 7) is 12.1. The molecule has 0 saturated heterocycles. The highest BCUT2D eigenvalue weighted by Crippen LogP contribution is 2.45. The van der Waals surface area contributed by atoms with Crippen molar-refractivity contribution >= 4 is 34.3 Å². The Balaban J connectivity index is 1.65. The topological polar surface area (TPSA) is 74.7 Å². The Morgan fingerprint density at radius 2 is 1.74 bits per heavy atom. The number of nitrogens with zero attached hydrogens (tertiary/aromatic N) is 1. The number of aromatic nitrogens is 1. The second-order valence-electron chi connectivity index (χ2n) is 12.3. The first-order valence-electron chi connectivity index (χ1n) is 13.1. The zero-order chi connectivity index (χ0) is 27.2. The number of para-hydroxylation sites is 1. The van der Waals surface area contributed by atoms with Crippen LogP contribution < -0.4 is 9.47 Å². The second-order valence-corrected chi connectivity index (χ2v) is 12.3. The fraction of sp³-hybridized carbons (Fsp3) is 0.406. The van der Waals surface area contributed by atoms with Gasteiger partial charge in [0.1, 0.15) is 0 Å². The molecular weight excluding hydrogens is 478 g/mol. The minimum atomic E-state index is -0.585. The summed E-state index contributed by atoms with van der Waals surface area (Å²) >= 11 is 0. The van der Waals surface area contributed by atoms with Crippen LogP contribution >= 0.6 is 0 Å². The van der Waals surface area contributed by atoms with Gasteiger partial charge in [0.25, 0.3) is 0 Å². The number of pyridine rings is 1. The molecule has 6 nitrogen and oxygen atoms in total. The van der Waals surface area contributed by atoms with Crippen LogP contribution in [-0.2, 0) is 16.0 Å². The van der Waals surface area contributed by atoms with Gasteiger partial charge in [-0.25, -0.2) is 9.78 Å². The second kappa shape index (κ2) is 9.57. The maximum absolute atomic E-state index is 13.7. The summed E-state index contributed by atoms with van der Waals surface area (Å²) in [5, 5.41) is 0.747. The van der Waals surface area contributed by atoms with Gasteiger partial charge in [-0.2, -0.15) is 0 Å². The van der Waals surface area contributed by atoms with Gasteiger partial charge in [0.2, 0.25) is 6.79 Å². The van der Waals surface area contributed by atoms with E-state index in [0.717, 1.165) is 51.2 Å². The minimum absolute atomic E-state index is 0.000681. The Hall–Kier alpha value is -3.67. The number of hydrogen-bond acceptors (Lipinski definition) is 6. The van der Waals surface area contributed by atoms with Gasteiger partial charge in [-0.1, -0.05) is 65.8 Å². The molecule has 2 aromatic carbocycles. The molecule has 1 aliphatic heterocycles. The van der Waals surface area contributed by atoms with Crippen LogP contribution in [-0.4, -0.2) is 30.1 Å². The van der Waals surface area contributed by atoms with E-state index in [4.69, 9.17) is 19.2 Å². The number of esters is 1. The number of carbonyl (C=O) groups is 2. The summed E-state index contributed by atoms with van der Waals surface area (Å²) in [6, 6.07) is 13.6. The third-order valence-corrected chi connectivity index (χ3v) is 7.55. The van der Waals surface area contributed by atoms with E-state index in [0.29, 0.717) is 12.0 Å². The molecule has 198 valence electrons. The van der Waals surface area contributed by atoms with Crippen molar-refractivity contribution in [2.75, 3.05) is 13.4 Å². The number of ketones is 1. The SMILES string of the molecule is CC(C)(C)C(=O)COC(=O)c1c2c(nc3ccccc13)/C(=C\c1ccc3c(c1)OCO3)C[C@H](C(C)(C)C)C2. The van der Waals surface area contributed by atoms with Crippen molar-refractivity contribution in [1.82, 2.24) is 4.98 Å². The van der Waals surface area contributed by atoms with Crippen LogP contribution in [0, 0.1) is 16.7 Å². The average molecular weight is 514 g/mol. The molecule has 0 bridgehead atoms. The summed E-state index contributed by atoms with van der Waals surface area (Å²) in [7, 11) is 0. The molecule has 0 spiro atoms. The maximum Gasteiger partial charge on any atom is 0.339 e. The Morgan fingerprint density at radius 1 is 1.00 bits per heavy atom. The normalized spacial score (nSPS) is 17.9. The van der Waals surface area contributed by atoms with Crippen molar-refractivity contribution in [3.63, 3.8) is 0 Å². The first kappa shape index (κ1) is 26.0. The molecule has 0 N–H and O–H groups in total. The monoisotopic (exact) mass is 513 g/mol. The van der Waals surface area contributed by atoms with Crippen molar-refractivity contribution in [1.29, 1.82) is 0 Å². The highest BCUT2D eigenvalue weighted by molar-refractivity contribution is 6.07. The van der Waals surface area contributed by atoms with Gasteiger partial charge in [0, 0.05) is 10.8 Å². The molecular formula is C32H35NO5. The van der Waals surface area contributed by atoms with Crippen molar-refractivity contribution in [3.05, 3.63) is 64.8 Å². The standard InChI is InChI=1S/C32H35NO5/c1-31(2,3)21-15-20(13-19-11-12-25-26(14-19)38-18-37-25)29-23(16-21)28(22-9-7-8-10-24(22)33-29)30(35)36-17-27(34)32(4,5)6/h7-14,21H,15-18H2,1-6H3/b20-13-/t21-/m0/s1.